The van der Waals surface area contributed by atoms with E-state index in [0.29, 0.717) is 0 Å². The van der Waals surface area contributed by atoms with Gasteiger partial charge in [-0.2, -0.15) is 20.4 Å². The van der Waals surface area contributed by atoms with Gasteiger partial charge in [0, 0.05) is 0 Å². The van der Waals surface area contributed by atoms with Crippen LogP contribution in [0.5, 0.6) is 0 Å². The van der Waals surface area contributed by atoms with Gasteiger partial charge in [0.2, 0.25) is 0 Å². The van der Waals surface area contributed by atoms with Crippen LogP contribution in [-0.4, -0.2) is 20.4 Å². The van der Waals surface area contributed by atoms with Crippen molar-refractivity contribution in [3.8, 4) is 0 Å². The molecule has 0 atom stereocenters. The summed E-state index contributed by atoms with van der Waals surface area (Å²) in [4.78, 5) is 0. The molecule has 0 aliphatic rings. The van der Waals surface area contributed by atoms with E-state index in [0.717, 1.165) is 0 Å². The van der Waals surface area contributed by atoms with Crippen molar-refractivity contribution >= 4 is 25.3 Å². The molecule has 0 N–H and O–H groups in total. The molecule has 0 aliphatic carbocycles. The molecule has 1 rings (SSSR count). The summed E-state index contributed by atoms with van der Waals surface area (Å²) in [5.74, 6) is 0. The molecule has 1 radical (unpaired) electrons. The number of hydrogen-bond acceptors (Lipinski definition) is 6. The molecule has 0 spiro atoms. The molecule has 0 aliphatic heterocycles. The zero-order chi connectivity index (χ0) is 5.98. The predicted octanol–water partition coefficient (Wildman–Crippen LogP) is -0.924. The SMILES string of the molecule is [Cu+2].[S-]c1nnc([S-])nn1. The van der Waals surface area contributed by atoms with Crippen LogP contribution in [0.4, 0.5) is 0 Å². The number of hydrogen-bond donors (Lipinski definition) is 0. The van der Waals surface area contributed by atoms with Crippen LogP contribution in [0.2, 0.25) is 0 Å². The maximum absolute atomic E-state index is 4.48. The monoisotopic (exact) mass is 207 g/mol. The minimum absolute atomic E-state index is 0. The molecule has 0 saturated carbocycles. The van der Waals surface area contributed by atoms with E-state index < -0.39 is 0 Å². The molecule has 0 bridgehead atoms. The molecular weight excluding hydrogens is 208 g/mol. The van der Waals surface area contributed by atoms with Gasteiger partial charge in [0.25, 0.3) is 0 Å². The fraction of sp³-hybridized carbons (Fsp3) is 0. The smallest absolute Gasteiger partial charge is 0.736 e. The minimum atomic E-state index is 0. The topological polar surface area (TPSA) is 51.6 Å². The van der Waals surface area contributed by atoms with Crippen LogP contribution in [0.1, 0.15) is 0 Å². The Kier molecular flexibility index (Phi) is 3.79. The third-order valence-corrected chi connectivity index (χ3v) is 0.769. The van der Waals surface area contributed by atoms with Gasteiger partial charge in [-0.1, -0.05) is 0 Å². The number of rotatable bonds is 0. The molecular formula is C2CuN4S2. The van der Waals surface area contributed by atoms with Gasteiger partial charge < -0.3 is 25.3 Å². The van der Waals surface area contributed by atoms with Crippen LogP contribution in [0.25, 0.3) is 0 Å². The Hall–Kier alpha value is -0.101. The molecule has 1 aromatic rings. The molecule has 9 heavy (non-hydrogen) atoms. The van der Waals surface area contributed by atoms with E-state index in [2.05, 4.69) is 45.7 Å². The van der Waals surface area contributed by atoms with Crippen LogP contribution in [0, 0.1) is 0 Å². The van der Waals surface area contributed by atoms with Gasteiger partial charge in [0.1, 0.15) is 0 Å². The van der Waals surface area contributed by atoms with Gasteiger partial charge in [-0.25, -0.2) is 0 Å². The maximum atomic E-state index is 4.48. The molecule has 1 aromatic heterocycles. The van der Waals surface area contributed by atoms with Crippen molar-refractivity contribution in [3.63, 3.8) is 0 Å². The average Bonchev–Trinajstić information content (AvgIpc) is 1.77. The van der Waals surface area contributed by atoms with Crippen LogP contribution in [-0.2, 0) is 42.3 Å². The fourth-order valence-electron chi connectivity index (χ4n) is 0.211. The summed E-state index contributed by atoms with van der Waals surface area (Å²) in [5.41, 5.74) is 0. The van der Waals surface area contributed by atoms with Gasteiger partial charge in [0.15, 0.2) is 0 Å². The Morgan fingerprint density at radius 3 is 1.22 bits per heavy atom. The number of aromatic nitrogens is 4. The van der Waals surface area contributed by atoms with E-state index in [9.17, 15) is 0 Å². The summed E-state index contributed by atoms with van der Waals surface area (Å²) in [7, 11) is 0. The van der Waals surface area contributed by atoms with E-state index in [1.807, 2.05) is 0 Å². The second-order valence-corrected chi connectivity index (χ2v) is 1.70. The molecule has 0 saturated heterocycles. The summed E-state index contributed by atoms with van der Waals surface area (Å²) in [6.07, 6.45) is 0. The van der Waals surface area contributed by atoms with Crippen LogP contribution in [0.15, 0.2) is 10.3 Å². The first-order valence-electron chi connectivity index (χ1n) is 1.70. The standard InChI is InChI=1S/C2H2N4S2.Cu/c7-1-3-5-2(8)6-4-1;/h(H,3,4,7)(H,5,6,8);/q;+2/p-2. The summed E-state index contributed by atoms with van der Waals surface area (Å²) in [5, 5.41) is 13.7. The van der Waals surface area contributed by atoms with E-state index in [1.165, 1.54) is 0 Å². The Morgan fingerprint density at radius 1 is 0.778 bits per heavy atom. The first kappa shape index (κ1) is 8.90. The van der Waals surface area contributed by atoms with Crippen LogP contribution < -0.4 is 0 Å². The van der Waals surface area contributed by atoms with Crippen molar-refractivity contribution in [2.24, 2.45) is 0 Å². The zero-order valence-corrected chi connectivity index (χ0v) is 6.48. The van der Waals surface area contributed by atoms with E-state index >= 15 is 0 Å². The first-order chi connectivity index (χ1) is 3.79. The third-order valence-electron chi connectivity index (χ3n) is 0.442. The van der Waals surface area contributed by atoms with Crippen LogP contribution in [0.3, 0.4) is 0 Å². The summed E-state index contributed by atoms with van der Waals surface area (Å²) >= 11 is 8.96. The molecule has 1 heterocycles. The zero-order valence-electron chi connectivity index (χ0n) is 3.91. The molecule has 7 heteroatoms. The van der Waals surface area contributed by atoms with Gasteiger partial charge >= 0.3 is 17.1 Å². The molecule has 0 unspecified atom stereocenters. The Balaban J connectivity index is 0.000000640. The molecule has 51 valence electrons. The normalized spacial score (nSPS) is 8.00. The maximum Gasteiger partial charge on any atom is 2.00 e. The largest absolute Gasteiger partial charge is 2.00 e. The molecule has 0 aromatic carbocycles. The second kappa shape index (κ2) is 3.84. The van der Waals surface area contributed by atoms with Gasteiger partial charge in [0.05, 0.1) is 10.3 Å². The quantitative estimate of drug-likeness (QED) is 0.405. The third kappa shape index (κ3) is 2.81. The fourth-order valence-corrected chi connectivity index (χ4v) is 0.374. The van der Waals surface area contributed by atoms with Gasteiger partial charge in [-0.05, 0) is 0 Å². The van der Waals surface area contributed by atoms with E-state index in [-0.39, 0.29) is 27.4 Å². The Morgan fingerprint density at radius 2 is 1.00 bits per heavy atom. The number of nitrogens with zero attached hydrogens (tertiary/aromatic N) is 4. The first-order valence-corrected chi connectivity index (χ1v) is 2.52. The molecule has 0 amide bonds. The predicted molar refractivity (Wildman–Crippen MR) is 28.9 cm³/mol. The van der Waals surface area contributed by atoms with Crippen molar-refractivity contribution in [1.29, 1.82) is 0 Å². The van der Waals surface area contributed by atoms with Crippen molar-refractivity contribution < 1.29 is 17.1 Å². The van der Waals surface area contributed by atoms with E-state index in [1.54, 1.807) is 0 Å². The van der Waals surface area contributed by atoms with Crippen molar-refractivity contribution in [1.82, 2.24) is 20.4 Å². The Labute approximate surface area is 73.2 Å². The average molecular weight is 208 g/mol. The summed E-state index contributed by atoms with van der Waals surface area (Å²) in [6, 6.07) is 0. The van der Waals surface area contributed by atoms with E-state index in [4.69, 9.17) is 0 Å². The molecule has 0 fully saturated rings. The Bertz CT molecular complexity index is 155. The molecule has 4 nitrogen and oxygen atoms in total. The second-order valence-electron chi connectivity index (χ2n) is 0.965. The summed E-state index contributed by atoms with van der Waals surface area (Å²) in [6.45, 7) is 0. The minimum Gasteiger partial charge on any atom is -0.736 e. The van der Waals surface area contributed by atoms with Crippen molar-refractivity contribution in [2.45, 2.75) is 10.3 Å². The van der Waals surface area contributed by atoms with Gasteiger partial charge in [-0.15, -0.1) is 0 Å². The summed E-state index contributed by atoms with van der Waals surface area (Å²) < 4.78 is 0. The van der Waals surface area contributed by atoms with Crippen molar-refractivity contribution in [3.05, 3.63) is 0 Å². The van der Waals surface area contributed by atoms with Gasteiger partial charge in [-0.3, -0.25) is 0 Å². The van der Waals surface area contributed by atoms with Crippen molar-refractivity contribution in [2.75, 3.05) is 0 Å². The van der Waals surface area contributed by atoms with Crippen LogP contribution >= 0.6 is 0 Å².